The van der Waals surface area contributed by atoms with Crippen molar-refractivity contribution in [3.63, 3.8) is 0 Å². The van der Waals surface area contributed by atoms with Gasteiger partial charge in [-0.2, -0.15) is 5.10 Å². The van der Waals surface area contributed by atoms with Crippen molar-refractivity contribution < 1.29 is 4.79 Å². The smallest absolute Gasteiger partial charge is 0.274 e. The molecular formula is C21H26N4O. The molecule has 5 heteroatoms. The Labute approximate surface area is 154 Å². The highest BCUT2D eigenvalue weighted by molar-refractivity contribution is 5.94. The van der Waals surface area contributed by atoms with E-state index < -0.39 is 0 Å². The molecule has 4 rings (SSSR count). The summed E-state index contributed by atoms with van der Waals surface area (Å²) in [6.45, 7) is 4.32. The number of fused-ring (bicyclic) bond motifs is 1. The van der Waals surface area contributed by atoms with Crippen LogP contribution >= 0.6 is 0 Å². The minimum atomic E-state index is 0.114. The van der Waals surface area contributed by atoms with Crippen LogP contribution in [0.1, 0.15) is 33.7 Å². The van der Waals surface area contributed by atoms with Crippen molar-refractivity contribution in [3.8, 4) is 0 Å². The van der Waals surface area contributed by atoms with E-state index in [4.69, 9.17) is 0 Å². The lowest BCUT2D eigenvalue weighted by atomic mass is 10.1. The molecule has 1 aromatic carbocycles. The number of carbonyl (C=O) groups excluding carboxylic acids is 1. The molecule has 136 valence electrons. The van der Waals surface area contributed by atoms with Crippen LogP contribution in [0.4, 0.5) is 0 Å². The molecule has 5 nitrogen and oxygen atoms in total. The molecular weight excluding hydrogens is 324 g/mol. The second kappa shape index (κ2) is 7.46. The third-order valence-electron chi connectivity index (χ3n) is 5.45. The van der Waals surface area contributed by atoms with Crippen LogP contribution in [0.2, 0.25) is 0 Å². The highest BCUT2D eigenvalue weighted by Crippen LogP contribution is 2.25. The molecule has 0 bridgehead atoms. The lowest BCUT2D eigenvalue weighted by Gasteiger charge is -2.33. The number of hydrogen-bond acceptors (Lipinski definition) is 3. The lowest BCUT2D eigenvalue weighted by Crippen LogP contribution is -2.48. The first-order valence-electron chi connectivity index (χ1n) is 9.50. The predicted molar refractivity (Wildman–Crippen MR) is 103 cm³/mol. The van der Waals surface area contributed by atoms with E-state index in [-0.39, 0.29) is 5.91 Å². The van der Waals surface area contributed by atoms with E-state index >= 15 is 0 Å². The zero-order valence-corrected chi connectivity index (χ0v) is 15.4. The topological polar surface area (TPSA) is 41.4 Å². The first-order valence-corrected chi connectivity index (χ1v) is 9.50. The van der Waals surface area contributed by atoms with Gasteiger partial charge in [-0.25, -0.2) is 0 Å². The summed E-state index contributed by atoms with van der Waals surface area (Å²) >= 11 is 0. The summed E-state index contributed by atoms with van der Waals surface area (Å²) in [6, 6.07) is 10.4. The summed E-state index contributed by atoms with van der Waals surface area (Å²) in [5.41, 5.74) is 4.35. The Kier molecular flexibility index (Phi) is 4.89. The third kappa shape index (κ3) is 3.44. The normalized spacial score (nSPS) is 17.8. The van der Waals surface area contributed by atoms with Crippen LogP contribution in [0, 0.1) is 0 Å². The van der Waals surface area contributed by atoms with E-state index in [1.54, 1.807) is 0 Å². The van der Waals surface area contributed by atoms with Gasteiger partial charge < -0.3 is 4.90 Å². The number of nitrogens with zero attached hydrogens (tertiary/aromatic N) is 4. The van der Waals surface area contributed by atoms with Crippen LogP contribution in [0.25, 0.3) is 6.08 Å². The van der Waals surface area contributed by atoms with Gasteiger partial charge >= 0.3 is 0 Å². The number of aryl methyl sites for hydroxylation is 1. The van der Waals surface area contributed by atoms with Crippen LogP contribution in [0.3, 0.4) is 0 Å². The largest absolute Gasteiger partial charge is 0.335 e. The maximum absolute atomic E-state index is 12.9. The van der Waals surface area contributed by atoms with Gasteiger partial charge in [0.25, 0.3) is 5.91 Å². The van der Waals surface area contributed by atoms with E-state index in [1.807, 2.05) is 22.7 Å². The first kappa shape index (κ1) is 17.0. The second-order valence-electron chi connectivity index (χ2n) is 7.16. The molecule has 0 saturated carbocycles. The van der Waals surface area contributed by atoms with Gasteiger partial charge in [0.15, 0.2) is 5.69 Å². The van der Waals surface area contributed by atoms with Gasteiger partial charge in [-0.1, -0.05) is 42.5 Å². The van der Waals surface area contributed by atoms with Gasteiger partial charge in [0.1, 0.15) is 0 Å². The van der Waals surface area contributed by atoms with Crippen molar-refractivity contribution in [2.45, 2.75) is 19.3 Å². The quantitative estimate of drug-likeness (QED) is 0.850. The van der Waals surface area contributed by atoms with E-state index in [9.17, 15) is 4.79 Å². The molecule has 2 aromatic rings. The number of hydrogen-bond donors (Lipinski definition) is 0. The first-order chi connectivity index (χ1) is 12.7. The molecule has 1 aliphatic heterocycles. The fourth-order valence-electron chi connectivity index (χ4n) is 3.97. The SMILES string of the molecule is Cn1nc(C(=O)N2CCN(C/C=C/c3ccccc3)CC2)c2c1CCC2. The molecule has 1 aromatic heterocycles. The molecule has 1 fully saturated rings. The van der Waals surface area contributed by atoms with Crippen LogP contribution in [-0.2, 0) is 19.9 Å². The number of aromatic nitrogens is 2. The average molecular weight is 350 g/mol. The summed E-state index contributed by atoms with van der Waals surface area (Å²) in [4.78, 5) is 17.3. The summed E-state index contributed by atoms with van der Waals surface area (Å²) in [5, 5.41) is 4.51. The van der Waals surface area contributed by atoms with Crippen LogP contribution in [-0.4, -0.2) is 58.2 Å². The lowest BCUT2D eigenvalue weighted by molar-refractivity contribution is 0.0642. The number of amides is 1. The highest BCUT2D eigenvalue weighted by Gasteiger charge is 2.29. The van der Waals surface area contributed by atoms with Crippen molar-refractivity contribution in [2.75, 3.05) is 32.7 Å². The van der Waals surface area contributed by atoms with Gasteiger partial charge in [-0.05, 0) is 24.8 Å². The molecule has 1 aliphatic carbocycles. The number of piperazine rings is 1. The molecule has 1 saturated heterocycles. The highest BCUT2D eigenvalue weighted by atomic mass is 16.2. The van der Waals surface area contributed by atoms with E-state index in [0.717, 1.165) is 52.0 Å². The number of benzene rings is 1. The van der Waals surface area contributed by atoms with Gasteiger partial charge in [-0.15, -0.1) is 0 Å². The third-order valence-corrected chi connectivity index (χ3v) is 5.45. The Morgan fingerprint density at radius 1 is 1.12 bits per heavy atom. The second-order valence-corrected chi connectivity index (χ2v) is 7.16. The minimum absolute atomic E-state index is 0.114. The predicted octanol–water partition coefficient (Wildman–Crippen LogP) is 2.38. The van der Waals surface area contributed by atoms with Crippen LogP contribution in [0.5, 0.6) is 0 Å². The van der Waals surface area contributed by atoms with Crippen LogP contribution in [0.15, 0.2) is 36.4 Å². The van der Waals surface area contributed by atoms with E-state index in [2.05, 4.69) is 46.4 Å². The molecule has 0 unspecified atom stereocenters. The number of rotatable bonds is 4. The summed E-state index contributed by atoms with van der Waals surface area (Å²) in [7, 11) is 1.96. The fraction of sp³-hybridized carbons (Fsp3) is 0.429. The summed E-state index contributed by atoms with van der Waals surface area (Å²) in [5.74, 6) is 0.114. The Hall–Kier alpha value is -2.40. The zero-order valence-electron chi connectivity index (χ0n) is 15.4. The zero-order chi connectivity index (χ0) is 17.9. The average Bonchev–Trinajstić information content (AvgIpc) is 3.27. The number of carbonyl (C=O) groups is 1. The Morgan fingerprint density at radius 3 is 2.65 bits per heavy atom. The molecule has 2 aliphatic rings. The van der Waals surface area contributed by atoms with Crippen LogP contribution < -0.4 is 0 Å². The van der Waals surface area contributed by atoms with Crippen molar-refractivity contribution in [1.82, 2.24) is 19.6 Å². The fourth-order valence-corrected chi connectivity index (χ4v) is 3.97. The van der Waals surface area contributed by atoms with E-state index in [0.29, 0.717) is 5.69 Å². The molecule has 0 N–H and O–H groups in total. The molecule has 0 radical (unpaired) electrons. The monoisotopic (exact) mass is 350 g/mol. The summed E-state index contributed by atoms with van der Waals surface area (Å²) in [6.07, 6.45) is 7.55. The van der Waals surface area contributed by atoms with E-state index in [1.165, 1.54) is 16.8 Å². The van der Waals surface area contributed by atoms with Crippen molar-refractivity contribution in [1.29, 1.82) is 0 Å². The Balaban J connectivity index is 1.32. The summed E-state index contributed by atoms with van der Waals surface area (Å²) < 4.78 is 1.90. The van der Waals surface area contributed by atoms with Gasteiger partial charge in [0.05, 0.1) is 0 Å². The Bertz CT molecular complexity index is 801. The van der Waals surface area contributed by atoms with Crippen molar-refractivity contribution in [2.24, 2.45) is 7.05 Å². The molecule has 26 heavy (non-hydrogen) atoms. The van der Waals surface area contributed by atoms with Gasteiger partial charge in [0.2, 0.25) is 0 Å². The minimum Gasteiger partial charge on any atom is -0.335 e. The Morgan fingerprint density at radius 2 is 1.88 bits per heavy atom. The molecule has 1 amide bonds. The molecule has 0 atom stereocenters. The van der Waals surface area contributed by atoms with Crippen molar-refractivity contribution >= 4 is 12.0 Å². The standard InChI is InChI=1S/C21H26N4O/c1-23-19-11-5-10-18(19)20(22-23)21(26)25-15-13-24(14-16-25)12-6-9-17-7-3-2-4-8-17/h2-4,6-9H,5,10-16H2,1H3/b9-6+. The molecule has 2 heterocycles. The molecule has 0 spiro atoms. The van der Waals surface area contributed by atoms with Crippen molar-refractivity contribution in [3.05, 3.63) is 58.9 Å². The maximum atomic E-state index is 12.9. The maximum Gasteiger partial charge on any atom is 0.274 e. The van der Waals surface area contributed by atoms with Gasteiger partial charge in [-0.3, -0.25) is 14.4 Å². The van der Waals surface area contributed by atoms with Gasteiger partial charge in [0, 0.05) is 51.0 Å².